The van der Waals surface area contributed by atoms with Crippen molar-refractivity contribution >= 4 is 27.7 Å². The predicted molar refractivity (Wildman–Crippen MR) is 66.2 cm³/mol. The molecule has 0 aliphatic rings. The van der Waals surface area contributed by atoms with Crippen LogP contribution in [-0.2, 0) is 0 Å². The van der Waals surface area contributed by atoms with Gasteiger partial charge >= 0.3 is 0 Å². The fourth-order valence-electron chi connectivity index (χ4n) is 1.31. The minimum atomic E-state index is -0.533. The number of benzene rings is 1. The molecule has 0 aliphatic carbocycles. The van der Waals surface area contributed by atoms with Crippen LogP contribution >= 0.6 is 15.9 Å². The molecule has 2 rings (SSSR count). The molecule has 0 saturated heterocycles. The number of hydrogen-bond donors (Lipinski definition) is 1. The van der Waals surface area contributed by atoms with Crippen LogP contribution in [0, 0.1) is 11.6 Å². The zero-order valence-corrected chi connectivity index (χ0v) is 10.5. The maximum Gasteiger partial charge on any atom is 0.258 e. The van der Waals surface area contributed by atoms with Gasteiger partial charge in [0.15, 0.2) is 0 Å². The van der Waals surface area contributed by atoms with E-state index in [4.69, 9.17) is 0 Å². The highest BCUT2D eigenvalue weighted by atomic mass is 79.9. The Morgan fingerprint density at radius 1 is 1.22 bits per heavy atom. The predicted octanol–water partition coefficient (Wildman–Crippen LogP) is 3.37. The van der Waals surface area contributed by atoms with Crippen molar-refractivity contribution in [1.82, 2.24) is 4.98 Å². The molecule has 18 heavy (non-hydrogen) atoms. The van der Waals surface area contributed by atoms with E-state index in [0.717, 1.165) is 6.20 Å². The molecule has 0 bridgehead atoms. The number of amides is 1. The fourth-order valence-corrected chi connectivity index (χ4v) is 1.76. The Hall–Kier alpha value is -1.82. The molecule has 2 aromatic rings. The second kappa shape index (κ2) is 5.22. The summed E-state index contributed by atoms with van der Waals surface area (Å²) in [6.45, 7) is 0. The van der Waals surface area contributed by atoms with Gasteiger partial charge in [-0.25, -0.2) is 13.8 Å². The second-order valence-corrected chi connectivity index (χ2v) is 4.21. The lowest BCUT2D eigenvalue weighted by Gasteiger charge is -2.06. The summed E-state index contributed by atoms with van der Waals surface area (Å²) in [6.07, 6.45) is 0.982. The van der Waals surface area contributed by atoms with Crippen LogP contribution in [0.25, 0.3) is 0 Å². The molecule has 1 amide bonds. The first-order valence-corrected chi connectivity index (χ1v) is 5.74. The maximum atomic E-state index is 13.2. The first-order valence-electron chi connectivity index (χ1n) is 4.95. The molecule has 92 valence electrons. The molecular weight excluding hydrogens is 306 g/mol. The minimum absolute atomic E-state index is 0.0737. The summed E-state index contributed by atoms with van der Waals surface area (Å²) in [5.41, 5.74) is 0.140. The van der Waals surface area contributed by atoms with Crippen molar-refractivity contribution in [2.75, 3.05) is 5.32 Å². The first-order chi connectivity index (χ1) is 8.58. The lowest BCUT2D eigenvalue weighted by atomic mass is 10.2. The van der Waals surface area contributed by atoms with Crippen LogP contribution in [0.3, 0.4) is 0 Å². The number of hydrogen-bond acceptors (Lipinski definition) is 2. The highest BCUT2D eigenvalue weighted by Gasteiger charge is 2.13. The molecule has 0 atom stereocenters. The van der Waals surface area contributed by atoms with Crippen LogP contribution in [0.1, 0.15) is 10.4 Å². The second-order valence-electron chi connectivity index (χ2n) is 3.42. The topological polar surface area (TPSA) is 42.0 Å². The molecule has 0 aliphatic heterocycles. The van der Waals surface area contributed by atoms with Gasteiger partial charge in [0.2, 0.25) is 0 Å². The third kappa shape index (κ3) is 2.70. The van der Waals surface area contributed by atoms with Crippen molar-refractivity contribution in [1.29, 1.82) is 0 Å². The SMILES string of the molecule is O=C(Nc1ccc(F)cn1)c1cccc(F)c1Br. The van der Waals surface area contributed by atoms with E-state index in [-0.39, 0.29) is 15.9 Å². The van der Waals surface area contributed by atoms with Gasteiger partial charge in [0, 0.05) is 0 Å². The number of nitrogens with one attached hydrogen (secondary N) is 1. The molecule has 0 spiro atoms. The molecule has 1 aromatic heterocycles. The molecule has 0 fully saturated rings. The fraction of sp³-hybridized carbons (Fsp3) is 0. The number of aromatic nitrogens is 1. The minimum Gasteiger partial charge on any atom is -0.307 e. The number of anilines is 1. The van der Waals surface area contributed by atoms with Gasteiger partial charge in [0.25, 0.3) is 5.91 Å². The van der Waals surface area contributed by atoms with Gasteiger partial charge in [0.1, 0.15) is 17.5 Å². The normalized spacial score (nSPS) is 10.2. The summed E-state index contributed by atoms with van der Waals surface area (Å²) in [7, 11) is 0. The van der Waals surface area contributed by atoms with E-state index < -0.39 is 17.5 Å². The van der Waals surface area contributed by atoms with Crippen molar-refractivity contribution in [3.05, 3.63) is 58.2 Å². The molecule has 6 heteroatoms. The highest BCUT2D eigenvalue weighted by molar-refractivity contribution is 9.10. The lowest BCUT2D eigenvalue weighted by molar-refractivity contribution is 0.102. The van der Waals surface area contributed by atoms with Crippen LogP contribution in [0.2, 0.25) is 0 Å². The number of pyridine rings is 1. The van der Waals surface area contributed by atoms with Crippen molar-refractivity contribution < 1.29 is 13.6 Å². The van der Waals surface area contributed by atoms with Gasteiger partial charge < -0.3 is 5.32 Å². The van der Waals surface area contributed by atoms with Crippen LogP contribution in [0.15, 0.2) is 41.0 Å². The largest absolute Gasteiger partial charge is 0.307 e. The molecular formula is C12H7BrF2N2O. The Bertz CT molecular complexity index is 587. The summed E-state index contributed by atoms with van der Waals surface area (Å²) in [6, 6.07) is 6.61. The quantitative estimate of drug-likeness (QED) is 0.923. The van der Waals surface area contributed by atoms with Crippen molar-refractivity contribution in [3.63, 3.8) is 0 Å². The Morgan fingerprint density at radius 2 is 2.00 bits per heavy atom. The zero-order chi connectivity index (χ0) is 13.1. The average molecular weight is 313 g/mol. The lowest BCUT2D eigenvalue weighted by Crippen LogP contribution is -2.14. The van der Waals surface area contributed by atoms with Crippen LogP contribution in [-0.4, -0.2) is 10.9 Å². The smallest absolute Gasteiger partial charge is 0.258 e. The van der Waals surface area contributed by atoms with Gasteiger partial charge in [-0.3, -0.25) is 4.79 Å². The van der Waals surface area contributed by atoms with Crippen molar-refractivity contribution in [3.8, 4) is 0 Å². The summed E-state index contributed by atoms with van der Waals surface area (Å²) in [5.74, 6) is -1.37. The van der Waals surface area contributed by atoms with Crippen LogP contribution in [0.5, 0.6) is 0 Å². The molecule has 1 heterocycles. The molecule has 0 unspecified atom stereocenters. The highest BCUT2D eigenvalue weighted by Crippen LogP contribution is 2.21. The van der Waals surface area contributed by atoms with Gasteiger partial charge in [-0.2, -0.15) is 0 Å². The Morgan fingerprint density at radius 3 is 2.67 bits per heavy atom. The van der Waals surface area contributed by atoms with E-state index >= 15 is 0 Å². The number of carbonyl (C=O) groups is 1. The molecule has 3 nitrogen and oxygen atoms in total. The number of rotatable bonds is 2. The van der Waals surface area contributed by atoms with Crippen LogP contribution < -0.4 is 5.32 Å². The Labute approximate surface area is 110 Å². The van der Waals surface area contributed by atoms with E-state index in [1.807, 2.05) is 0 Å². The van der Waals surface area contributed by atoms with Gasteiger partial charge in [0.05, 0.1) is 16.2 Å². The summed E-state index contributed by atoms with van der Waals surface area (Å²) in [5, 5.41) is 2.44. The third-order valence-corrected chi connectivity index (χ3v) is 2.97. The van der Waals surface area contributed by atoms with Gasteiger partial charge in [-0.1, -0.05) is 6.07 Å². The first kappa shape index (κ1) is 12.6. The summed E-state index contributed by atoms with van der Waals surface area (Å²) < 4.78 is 25.9. The molecule has 0 saturated carbocycles. The van der Waals surface area contributed by atoms with E-state index in [2.05, 4.69) is 26.2 Å². The molecule has 1 aromatic carbocycles. The van der Waals surface area contributed by atoms with Crippen molar-refractivity contribution in [2.24, 2.45) is 0 Å². The number of halogens is 3. The zero-order valence-electron chi connectivity index (χ0n) is 8.95. The molecule has 1 N–H and O–H groups in total. The van der Waals surface area contributed by atoms with Crippen LogP contribution in [0.4, 0.5) is 14.6 Å². The maximum absolute atomic E-state index is 13.2. The number of nitrogens with zero attached hydrogens (tertiary/aromatic N) is 1. The average Bonchev–Trinajstić information content (AvgIpc) is 2.35. The van der Waals surface area contributed by atoms with Gasteiger partial charge in [-0.05, 0) is 40.2 Å². The summed E-state index contributed by atoms with van der Waals surface area (Å²) in [4.78, 5) is 15.5. The van der Waals surface area contributed by atoms with E-state index in [0.29, 0.717) is 0 Å². The van der Waals surface area contributed by atoms with E-state index in [1.54, 1.807) is 0 Å². The van der Waals surface area contributed by atoms with Gasteiger partial charge in [-0.15, -0.1) is 0 Å². The third-order valence-electron chi connectivity index (χ3n) is 2.17. The Kier molecular flexibility index (Phi) is 3.66. The van der Waals surface area contributed by atoms with E-state index in [1.165, 1.54) is 30.3 Å². The van der Waals surface area contributed by atoms with Crippen molar-refractivity contribution in [2.45, 2.75) is 0 Å². The monoisotopic (exact) mass is 312 g/mol. The number of carbonyl (C=O) groups excluding carboxylic acids is 1. The summed E-state index contributed by atoms with van der Waals surface area (Å²) >= 11 is 2.99. The molecule has 0 radical (unpaired) electrons. The van der Waals surface area contributed by atoms with E-state index in [9.17, 15) is 13.6 Å². The standard InChI is InChI=1S/C12H7BrF2N2O/c13-11-8(2-1-3-9(11)15)12(18)17-10-5-4-7(14)6-16-10/h1-6H,(H,16,17,18). The Balaban J connectivity index is 2.22.